The van der Waals surface area contributed by atoms with E-state index in [2.05, 4.69) is 44.8 Å². The zero-order chi connectivity index (χ0) is 18.7. The second-order valence-corrected chi connectivity index (χ2v) is 7.63. The molecule has 0 spiro atoms. The third kappa shape index (κ3) is 4.77. The molecule has 4 rings (SSSR count). The lowest BCUT2D eigenvalue weighted by Gasteiger charge is -2.22. The summed E-state index contributed by atoms with van der Waals surface area (Å²) in [5.41, 5.74) is 2.40. The van der Waals surface area contributed by atoms with Gasteiger partial charge in [-0.2, -0.15) is 0 Å². The van der Waals surface area contributed by atoms with Crippen molar-refractivity contribution in [3.8, 4) is 0 Å². The van der Waals surface area contributed by atoms with Crippen molar-refractivity contribution < 1.29 is 4.39 Å². The second kappa shape index (κ2) is 9.11. The van der Waals surface area contributed by atoms with Crippen LogP contribution in [0.3, 0.4) is 0 Å². The first-order chi connectivity index (χ1) is 13.2. The van der Waals surface area contributed by atoms with Crippen LogP contribution in [-0.2, 0) is 5.41 Å². The van der Waals surface area contributed by atoms with Crippen LogP contribution in [0.25, 0.3) is 0 Å². The van der Waals surface area contributed by atoms with Crippen molar-refractivity contribution in [1.29, 1.82) is 0 Å². The van der Waals surface area contributed by atoms with E-state index in [9.17, 15) is 4.39 Å². The van der Waals surface area contributed by atoms with Gasteiger partial charge in [0.15, 0.2) is 5.96 Å². The smallest absolute Gasteiger partial charge is 0.191 e. The van der Waals surface area contributed by atoms with E-state index in [0.717, 1.165) is 50.4 Å². The van der Waals surface area contributed by atoms with Crippen LogP contribution in [0.15, 0.2) is 59.6 Å². The van der Waals surface area contributed by atoms with E-state index in [0.29, 0.717) is 6.04 Å². The van der Waals surface area contributed by atoms with Gasteiger partial charge < -0.3 is 15.5 Å². The van der Waals surface area contributed by atoms with E-state index in [1.807, 2.05) is 12.1 Å². The van der Waals surface area contributed by atoms with Gasteiger partial charge in [-0.05, 0) is 49.1 Å². The van der Waals surface area contributed by atoms with Crippen molar-refractivity contribution in [2.75, 3.05) is 31.6 Å². The van der Waals surface area contributed by atoms with Gasteiger partial charge in [0.2, 0.25) is 0 Å². The van der Waals surface area contributed by atoms with Gasteiger partial charge in [0.05, 0.1) is 0 Å². The van der Waals surface area contributed by atoms with Crippen molar-refractivity contribution in [2.24, 2.45) is 4.99 Å². The number of guanidine groups is 1. The minimum absolute atomic E-state index is 0. The fraction of sp³-hybridized carbons (Fsp3) is 0.409. The summed E-state index contributed by atoms with van der Waals surface area (Å²) in [6, 6.07) is 17.9. The van der Waals surface area contributed by atoms with Crippen molar-refractivity contribution in [1.82, 2.24) is 10.6 Å². The Balaban J connectivity index is 0.00000225. The summed E-state index contributed by atoms with van der Waals surface area (Å²) in [7, 11) is 1.81. The molecule has 1 saturated carbocycles. The largest absolute Gasteiger partial charge is 0.369 e. The molecule has 2 fully saturated rings. The number of nitrogens with one attached hydrogen (secondary N) is 2. The number of benzene rings is 2. The highest BCUT2D eigenvalue weighted by atomic mass is 127. The lowest BCUT2D eigenvalue weighted by atomic mass is 9.96. The summed E-state index contributed by atoms with van der Waals surface area (Å²) in [5.74, 6) is 0.672. The summed E-state index contributed by atoms with van der Waals surface area (Å²) in [6.45, 7) is 2.80. The number of nitrogens with zero attached hydrogens (tertiary/aromatic N) is 2. The third-order valence-corrected chi connectivity index (χ3v) is 5.76. The first-order valence-corrected chi connectivity index (χ1v) is 9.72. The Morgan fingerprint density at radius 2 is 1.96 bits per heavy atom. The average molecular weight is 494 g/mol. The van der Waals surface area contributed by atoms with E-state index in [1.165, 1.54) is 11.8 Å². The molecule has 0 bridgehead atoms. The van der Waals surface area contributed by atoms with E-state index < -0.39 is 0 Å². The Labute approximate surface area is 183 Å². The molecule has 0 radical (unpaired) electrons. The van der Waals surface area contributed by atoms with Crippen molar-refractivity contribution in [3.63, 3.8) is 0 Å². The molecule has 6 heteroatoms. The van der Waals surface area contributed by atoms with Crippen molar-refractivity contribution in [3.05, 3.63) is 66.0 Å². The highest BCUT2D eigenvalue weighted by Crippen LogP contribution is 2.47. The number of hydrogen-bond acceptors (Lipinski definition) is 2. The molecule has 0 aromatic heterocycles. The maximum Gasteiger partial charge on any atom is 0.191 e. The van der Waals surface area contributed by atoms with Gasteiger partial charge >= 0.3 is 0 Å². The van der Waals surface area contributed by atoms with Crippen LogP contribution >= 0.6 is 24.0 Å². The van der Waals surface area contributed by atoms with Gasteiger partial charge in [0, 0.05) is 43.8 Å². The van der Waals surface area contributed by atoms with E-state index in [4.69, 9.17) is 0 Å². The molecule has 1 heterocycles. The number of aliphatic imine (C=N–C) groups is 1. The van der Waals surface area contributed by atoms with Crippen LogP contribution < -0.4 is 15.5 Å². The summed E-state index contributed by atoms with van der Waals surface area (Å²) < 4.78 is 13.6. The molecular formula is C22H28FIN4. The Morgan fingerprint density at radius 1 is 1.18 bits per heavy atom. The molecule has 2 aliphatic rings. The minimum atomic E-state index is -0.159. The lowest BCUT2D eigenvalue weighted by molar-refractivity contribution is 0.598. The molecule has 2 aromatic rings. The Kier molecular flexibility index (Phi) is 6.80. The molecule has 1 saturated heterocycles. The zero-order valence-corrected chi connectivity index (χ0v) is 18.5. The average Bonchev–Trinajstić information content (AvgIpc) is 3.36. The lowest BCUT2D eigenvalue weighted by Crippen LogP contribution is -2.46. The summed E-state index contributed by atoms with van der Waals surface area (Å²) in [4.78, 5) is 6.80. The molecule has 28 heavy (non-hydrogen) atoms. The molecule has 2 aromatic carbocycles. The standard InChI is InChI=1S/C22H27FN4.HI/c1-24-21(25-16-22(11-12-22)17-6-5-7-18(23)14-17)26-19-10-13-27(15-19)20-8-3-2-4-9-20;/h2-9,14,19H,10-13,15-16H2,1H3,(H2,24,25,26);1H. The van der Waals surface area contributed by atoms with Crippen LogP contribution in [0.1, 0.15) is 24.8 Å². The molecule has 1 atom stereocenters. The van der Waals surface area contributed by atoms with Gasteiger partial charge in [0.1, 0.15) is 5.82 Å². The second-order valence-electron chi connectivity index (χ2n) is 7.63. The molecule has 1 aliphatic heterocycles. The van der Waals surface area contributed by atoms with Gasteiger partial charge in [0.25, 0.3) is 0 Å². The number of para-hydroxylation sites is 1. The fourth-order valence-electron chi connectivity index (χ4n) is 3.93. The van der Waals surface area contributed by atoms with Crippen molar-refractivity contribution >= 4 is 35.6 Å². The van der Waals surface area contributed by atoms with Gasteiger partial charge in [-0.15, -0.1) is 24.0 Å². The fourth-order valence-corrected chi connectivity index (χ4v) is 3.93. The maximum absolute atomic E-state index is 13.6. The first kappa shape index (κ1) is 20.9. The Morgan fingerprint density at radius 3 is 2.64 bits per heavy atom. The predicted molar refractivity (Wildman–Crippen MR) is 124 cm³/mol. The van der Waals surface area contributed by atoms with Gasteiger partial charge in [-0.1, -0.05) is 30.3 Å². The quantitative estimate of drug-likeness (QED) is 0.376. The highest BCUT2D eigenvalue weighted by Gasteiger charge is 2.44. The molecule has 4 nitrogen and oxygen atoms in total. The predicted octanol–water partition coefficient (Wildman–Crippen LogP) is 3.92. The summed E-state index contributed by atoms with van der Waals surface area (Å²) >= 11 is 0. The summed E-state index contributed by atoms with van der Waals surface area (Å²) in [6.07, 6.45) is 3.27. The topological polar surface area (TPSA) is 39.7 Å². The molecule has 0 amide bonds. The van der Waals surface area contributed by atoms with E-state index in [1.54, 1.807) is 19.2 Å². The van der Waals surface area contributed by atoms with Crippen LogP contribution in [0.5, 0.6) is 0 Å². The Hall–Kier alpha value is -1.83. The maximum atomic E-state index is 13.6. The number of hydrogen-bond donors (Lipinski definition) is 2. The first-order valence-electron chi connectivity index (χ1n) is 9.72. The van der Waals surface area contributed by atoms with Crippen LogP contribution in [0.2, 0.25) is 0 Å². The SMILES string of the molecule is CN=C(NCC1(c2cccc(F)c2)CC1)NC1CCN(c2ccccc2)C1.I. The zero-order valence-electron chi connectivity index (χ0n) is 16.2. The molecule has 1 aliphatic carbocycles. The molecule has 2 N–H and O–H groups in total. The monoisotopic (exact) mass is 494 g/mol. The highest BCUT2D eigenvalue weighted by molar-refractivity contribution is 14.0. The number of rotatable bonds is 5. The molecule has 150 valence electrons. The normalized spacial score (nSPS) is 20.4. The van der Waals surface area contributed by atoms with E-state index in [-0.39, 0.29) is 35.2 Å². The summed E-state index contributed by atoms with van der Waals surface area (Å²) in [5, 5.41) is 7.02. The number of halogens is 2. The van der Waals surface area contributed by atoms with Crippen molar-refractivity contribution in [2.45, 2.75) is 30.7 Å². The van der Waals surface area contributed by atoms with Crippen LogP contribution in [-0.4, -0.2) is 38.7 Å². The Bertz CT molecular complexity index is 807. The van der Waals surface area contributed by atoms with Crippen LogP contribution in [0.4, 0.5) is 10.1 Å². The third-order valence-electron chi connectivity index (χ3n) is 5.76. The van der Waals surface area contributed by atoms with E-state index >= 15 is 0 Å². The van der Waals surface area contributed by atoms with Gasteiger partial charge in [-0.25, -0.2) is 4.39 Å². The molecule has 1 unspecified atom stereocenters. The van der Waals surface area contributed by atoms with Gasteiger partial charge in [-0.3, -0.25) is 4.99 Å². The minimum Gasteiger partial charge on any atom is -0.369 e. The molecular weight excluding hydrogens is 466 g/mol. The van der Waals surface area contributed by atoms with Crippen LogP contribution in [0, 0.1) is 5.82 Å². The number of anilines is 1.